The highest BCUT2D eigenvalue weighted by Gasteiger charge is 2.19. The second kappa shape index (κ2) is 4.49. The van der Waals surface area contributed by atoms with Crippen LogP contribution in [-0.2, 0) is 4.79 Å². The summed E-state index contributed by atoms with van der Waals surface area (Å²) in [6, 6.07) is 7.54. The summed E-state index contributed by atoms with van der Waals surface area (Å²) in [6.07, 6.45) is 0.569. The number of aliphatic carboxylic acids is 1. The van der Waals surface area contributed by atoms with Crippen LogP contribution in [0.25, 0.3) is 10.9 Å². The Labute approximate surface area is 99.2 Å². The van der Waals surface area contributed by atoms with Crippen molar-refractivity contribution in [3.8, 4) is 5.75 Å². The minimum absolute atomic E-state index is 0.478. The van der Waals surface area contributed by atoms with Crippen molar-refractivity contribution < 1.29 is 14.6 Å². The van der Waals surface area contributed by atoms with Gasteiger partial charge in [-0.05, 0) is 30.0 Å². The van der Waals surface area contributed by atoms with Crippen molar-refractivity contribution in [3.63, 3.8) is 0 Å². The smallest absolute Gasteiger partial charge is 0.312 e. The molecule has 1 atom stereocenters. The predicted molar refractivity (Wildman–Crippen MR) is 65.5 cm³/mol. The SMILES string of the molecule is CCC(C(=O)O)c1cc2ccc(OC)cc2[nH]1. The summed E-state index contributed by atoms with van der Waals surface area (Å²) in [7, 11) is 1.61. The fourth-order valence-electron chi connectivity index (χ4n) is 1.97. The van der Waals surface area contributed by atoms with Crippen LogP contribution in [0, 0.1) is 0 Å². The number of aromatic nitrogens is 1. The molecule has 0 saturated carbocycles. The van der Waals surface area contributed by atoms with Gasteiger partial charge in [0.2, 0.25) is 0 Å². The Morgan fingerprint density at radius 2 is 2.24 bits per heavy atom. The van der Waals surface area contributed by atoms with E-state index in [1.165, 1.54) is 0 Å². The molecule has 2 aromatic rings. The molecule has 90 valence electrons. The average molecular weight is 233 g/mol. The van der Waals surface area contributed by atoms with Gasteiger partial charge < -0.3 is 14.8 Å². The number of carbonyl (C=O) groups is 1. The Morgan fingerprint density at radius 3 is 2.82 bits per heavy atom. The van der Waals surface area contributed by atoms with Crippen LogP contribution >= 0.6 is 0 Å². The molecule has 0 spiro atoms. The van der Waals surface area contributed by atoms with Crippen molar-refractivity contribution in [1.29, 1.82) is 0 Å². The molecule has 2 N–H and O–H groups in total. The first kappa shape index (κ1) is 11.5. The second-order valence-corrected chi connectivity index (χ2v) is 3.98. The molecule has 0 saturated heterocycles. The van der Waals surface area contributed by atoms with Crippen molar-refractivity contribution in [2.75, 3.05) is 7.11 Å². The lowest BCUT2D eigenvalue weighted by atomic mass is 10.0. The van der Waals surface area contributed by atoms with Crippen molar-refractivity contribution >= 4 is 16.9 Å². The van der Waals surface area contributed by atoms with Crippen molar-refractivity contribution in [3.05, 3.63) is 30.0 Å². The number of methoxy groups -OCH3 is 1. The first-order chi connectivity index (χ1) is 8.15. The summed E-state index contributed by atoms with van der Waals surface area (Å²) >= 11 is 0. The van der Waals surface area contributed by atoms with Gasteiger partial charge in [0.1, 0.15) is 5.75 Å². The van der Waals surface area contributed by atoms with Gasteiger partial charge in [-0.2, -0.15) is 0 Å². The number of ether oxygens (including phenoxy) is 1. The Morgan fingerprint density at radius 1 is 1.47 bits per heavy atom. The number of H-pyrrole nitrogens is 1. The van der Waals surface area contributed by atoms with E-state index in [0.29, 0.717) is 6.42 Å². The summed E-state index contributed by atoms with van der Waals surface area (Å²) in [5.74, 6) is -0.520. The van der Waals surface area contributed by atoms with Gasteiger partial charge in [0.25, 0.3) is 0 Å². The highest BCUT2D eigenvalue weighted by atomic mass is 16.5. The summed E-state index contributed by atoms with van der Waals surface area (Å²) < 4.78 is 5.13. The van der Waals surface area contributed by atoms with E-state index in [1.54, 1.807) is 7.11 Å². The molecule has 1 aromatic heterocycles. The zero-order valence-electron chi connectivity index (χ0n) is 9.86. The van der Waals surface area contributed by atoms with E-state index < -0.39 is 11.9 Å². The molecular formula is C13H15NO3. The third-order valence-electron chi connectivity index (χ3n) is 2.93. The van der Waals surface area contributed by atoms with E-state index in [9.17, 15) is 4.79 Å². The van der Waals surface area contributed by atoms with Crippen LogP contribution in [0.2, 0.25) is 0 Å². The van der Waals surface area contributed by atoms with Gasteiger partial charge >= 0.3 is 5.97 Å². The normalized spacial score (nSPS) is 12.6. The predicted octanol–water partition coefficient (Wildman–Crippen LogP) is 2.75. The number of carboxylic acids is 1. The number of hydrogen-bond donors (Lipinski definition) is 2. The topological polar surface area (TPSA) is 62.3 Å². The largest absolute Gasteiger partial charge is 0.497 e. The summed E-state index contributed by atoms with van der Waals surface area (Å²) in [5.41, 5.74) is 1.64. The summed E-state index contributed by atoms with van der Waals surface area (Å²) in [4.78, 5) is 14.2. The number of carboxylic acid groups (broad SMARTS) is 1. The molecule has 1 heterocycles. The molecule has 0 bridgehead atoms. The van der Waals surface area contributed by atoms with Crippen molar-refractivity contribution in [2.24, 2.45) is 0 Å². The molecule has 0 amide bonds. The maximum atomic E-state index is 11.1. The lowest BCUT2D eigenvalue weighted by molar-refractivity contribution is -0.138. The Bertz CT molecular complexity index is 545. The zero-order chi connectivity index (χ0) is 12.4. The van der Waals surface area contributed by atoms with Gasteiger partial charge in [-0.3, -0.25) is 4.79 Å². The lowest BCUT2D eigenvalue weighted by Gasteiger charge is -2.06. The van der Waals surface area contributed by atoms with E-state index in [0.717, 1.165) is 22.3 Å². The fraction of sp³-hybridized carbons (Fsp3) is 0.308. The highest BCUT2D eigenvalue weighted by Crippen LogP contribution is 2.26. The lowest BCUT2D eigenvalue weighted by Crippen LogP contribution is -2.10. The van der Waals surface area contributed by atoms with Crippen LogP contribution in [0.15, 0.2) is 24.3 Å². The number of fused-ring (bicyclic) bond motifs is 1. The molecule has 0 aliphatic rings. The van der Waals surface area contributed by atoms with Gasteiger partial charge in [0.05, 0.1) is 13.0 Å². The maximum Gasteiger partial charge on any atom is 0.312 e. The molecule has 0 radical (unpaired) electrons. The van der Waals surface area contributed by atoms with Crippen molar-refractivity contribution in [2.45, 2.75) is 19.3 Å². The number of hydrogen-bond acceptors (Lipinski definition) is 2. The van der Waals surface area contributed by atoms with E-state index >= 15 is 0 Å². The van der Waals surface area contributed by atoms with E-state index in [2.05, 4.69) is 4.98 Å². The standard InChI is InChI=1S/C13H15NO3/c1-3-10(13(15)16)12-6-8-4-5-9(17-2)7-11(8)14-12/h4-7,10,14H,3H2,1-2H3,(H,15,16). The van der Waals surface area contributed by atoms with Gasteiger partial charge in [-0.15, -0.1) is 0 Å². The quantitative estimate of drug-likeness (QED) is 0.853. The number of rotatable bonds is 4. The fourth-order valence-corrected chi connectivity index (χ4v) is 1.97. The highest BCUT2D eigenvalue weighted by molar-refractivity contribution is 5.84. The third kappa shape index (κ3) is 2.11. The van der Waals surface area contributed by atoms with E-state index in [4.69, 9.17) is 9.84 Å². The first-order valence-corrected chi connectivity index (χ1v) is 5.55. The molecule has 4 nitrogen and oxygen atoms in total. The van der Waals surface area contributed by atoms with Gasteiger partial charge in [-0.1, -0.05) is 6.92 Å². The Hall–Kier alpha value is -1.97. The molecular weight excluding hydrogens is 218 g/mol. The molecule has 17 heavy (non-hydrogen) atoms. The molecule has 0 fully saturated rings. The average Bonchev–Trinajstić information content (AvgIpc) is 2.71. The Balaban J connectivity index is 2.46. The van der Waals surface area contributed by atoms with Crippen LogP contribution in [0.5, 0.6) is 5.75 Å². The number of nitrogens with one attached hydrogen (secondary N) is 1. The Kier molecular flexibility index (Phi) is 3.04. The monoisotopic (exact) mass is 233 g/mol. The molecule has 1 unspecified atom stereocenters. The van der Waals surface area contributed by atoms with Crippen LogP contribution in [0.1, 0.15) is 25.0 Å². The molecule has 0 aliphatic carbocycles. The van der Waals surface area contributed by atoms with Gasteiger partial charge in [0, 0.05) is 17.3 Å². The van der Waals surface area contributed by atoms with Crippen LogP contribution in [0.3, 0.4) is 0 Å². The number of aromatic amines is 1. The van der Waals surface area contributed by atoms with Gasteiger partial charge in [0.15, 0.2) is 0 Å². The number of benzene rings is 1. The molecule has 0 aliphatic heterocycles. The first-order valence-electron chi connectivity index (χ1n) is 5.55. The van der Waals surface area contributed by atoms with Crippen LogP contribution < -0.4 is 4.74 Å². The van der Waals surface area contributed by atoms with Gasteiger partial charge in [-0.25, -0.2) is 0 Å². The van der Waals surface area contributed by atoms with E-state index in [-0.39, 0.29) is 0 Å². The molecule has 2 rings (SSSR count). The molecule has 1 aromatic carbocycles. The summed E-state index contributed by atoms with van der Waals surface area (Å²) in [6.45, 7) is 1.87. The minimum atomic E-state index is -0.800. The van der Waals surface area contributed by atoms with E-state index in [1.807, 2.05) is 31.2 Å². The maximum absolute atomic E-state index is 11.1. The zero-order valence-corrected chi connectivity index (χ0v) is 9.86. The van der Waals surface area contributed by atoms with Crippen LogP contribution in [-0.4, -0.2) is 23.2 Å². The van der Waals surface area contributed by atoms with Crippen molar-refractivity contribution in [1.82, 2.24) is 4.98 Å². The third-order valence-corrected chi connectivity index (χ3v) is 2.93. The second-order valence-electron chi connectivity index (χ2n) is 3.98. The van der Waals surface area contributed by atoms with Crippen LogP contribution in [0.4, 0.5) is 0 Å². The minimum Gasteiger partial charge on any atom is -0.497 e. The molecule has 4 heteroatoms. The summed E-state index contributed by atoms with van der Waals surface area (Å²) in [5, 5.41) is 10.1.